The highest BCUT2D eigenvalue weighted by atomic mass is 79.9. The highest BCUT2D eigenvalue weighted by Crippen LogP contribution is 2.31. The predicted molar refractivity (Wildman–Crippen MR) is 94.4 cm³/mol. The van der Waals surface area contributed by atoms with Crippen molar-refractivity contribution in [1.29, 1.82) is 0 Å². The van der Waals surface area contributed by atoms with E-state index in [1.165, 1.54) is 26.2 Å². The van der Waals surface area contributed by atoms with Crippen LogP contribution in [0.2, 0.25) is 5.02 Å². The molecule has 0 aliphatic rings. The van der Waals surface area contributed by atoms with E-state index in [1.807, 2.05) is 12.1 Å². The number of benzene rings is 2. The number of carbonyl (C=O) groups is 2. The molecule has 2 amide bonds. The third kappa shape index (κ3) is 4.46. The van der Waals surface area contributed by atoms with Crippen molar-refractivity contribution in [2.75, 3.05) is 17.7 Å². The summed E-state index contributed by atoms with van der Waals surface area (Å²) in [4.78, 5) is 23.6. The third-order valence-corrected chi connectivity index (χ3v) is 3.73. The van der Waals surface area contributed by atoms with Gasteiger partial charge in [0.05, 0.1) is 23.4 Å². The molecule has 5 nitrogen and oxygen atoms in total. The quantitative estimate of drug-likeness (QED) is 0.807. The van der Waals surface area contributed by atoms with Crippen LogP contribution in [-0.2, 0) is 4.79 Å². The van der Waals surface area contributed by atoms with E-state index in [-0.39, 0.29) is 22.4 Å². The zero-order valence-corrected chi connectivity index (χ0v) is 14.8. The normalized spacial score (nSPS) is 10.1. The molecule has 0 saturated carbocycles. The van der Waals surface area contributed by atoms with E-state index in [9.17, 15) is 9.59 Å². The first kappa shape index (κ1) is 17.3. The van der Waals surface area contributed by atoms with Gasteiger partial charge in [0.15, 0.2) is 0 Å². The summed E-state index contributed by atoms with van der Waals surface area (Å²) in [5.74, 6) is -0.317. The molecule has 0 bridgehead atoms. The van der Waals surface area contributed by atoms with Crippen molar-refractivity contribution < 1.29 is 14.3 Å². The molecule has 0 fully saturated rings. The van der Waals surface area contributed by atoms with Crippen molar-refractivity contribution in [2.24, 2.45) is 0 Å². The molecule has 120 valence electrons. The number of rotatable bonds is 4. The monoisotopic (exact) mass is 396 g/mol. The van der Waals surface area contributed by atoms with E-state index in [4.69, 9.17) is 16.3 Å². The average molecular weight is 398 g/mol. The fraction of sp³-hybridized carbons (Fsp3) is 0.125. The first-order valence-corrected chi connectivity index (χ1v) is 7.80. The number of ether oxygens (including phenoxy) is 1. The van der Waals surface area contributed by atoms with Gasteiger partial charge in [-0.1, -0.05) is 33.6 Å². The summed E-state index contributed by atoms with van der Waals surface area (Å²) in [6.07, 6.45) is 0. The number of anilines is 2. The largest absolute Gasteiger partial charge is 0.496 e. The predicted octanol–water partition coefficient (Wildman–Crippen LogP) is 4.32. The van der Waals surface area contributed by atoms with Gasteiger partial charge in [0.2, 0.25) is 5.91 Å². The lowest BCUT2D eigenvalue weighted by atomic mass is 10.1. The van der Waals surface area contributed by atoms with Crippen molar-refractivity contribution in [1.82, 2.24) is 0 Å². The van der Waals surface area contributed by atoms with Gasteiger partial charge in [0, 0.05) is 23.2 Å². The second-order valence-corrected chi connectivity index (χ2v) is 6.00. The van der Waals surface area contributed by atoms with Crippen molar-refractivity contribution in [3.8, 4) is 5.75 Å². The van der Waals surface area contributed by atoms with Crippen LogP contribution >= 0.6 is 27.5 Å². The van der Waals surface area contributed by atoms with E-state index in [2.05, 4.69) is 26.6 Å². The molecule has 23 heavy (non-hydrogen) atoms. The van der Waals surface area contributed by atoms with Crippen LogP contribution in [0, 0.1) is 0 Å². The Labute approximate surface area is 147 Å². The van der Waals surface area contributed by atoms with Gasteiger partial charge in [-0.25, -0.2) is 0 Å². The Morgan fingerprint density at radius 2 is 1.91 bits per heavy atom. The van der Waals surface area contributed by atoms with Crippen molar-refractivity contribution in [2.45, 2.75) is 6.92 Å². The van der Waals surface area contributed by atoms with E-state index in [0.29, 0.717) is 17.1 Å². The lowest BCUT2D eigenvalue weighted by molar-refractivity contribution is -0.114. The van der Waals surface area contributed by atoms with Crippen molar-refractivity contribution >= 4 is 50.7 Å². The lowest BCUT2D eigenvalue weighted by Crippen LogP contribution is -2.14. The number of methoxy groups -OCH3 is 1. The number of hydrogen-bond acceptors (Lipinski definition) is 3. The number of hydrogen-bond donors (Lipinski definition) is 2. The molecule has 2 aromatic carbocycles. The van der Waals surface area contributed by atoms with Gasteiger partial charge < -0.3 is 15.4 Å². The molecule has 0 saturated heterocycles. The smallest absolute Gasteiger partial charge is 0.259 e. The molecule has 2 aromatic rings. The lowest BCUT2D eigenvalue weighted by Gasteiger charge is -2.13. The second kappa shape index (κ2) is 7.48. The molecule has 0 radical (unpaired) electrons. The molecule has 2 rings (SSSR count). The molecule has 0 spiro atoms. The van der Waals surface area contributed by atoms with E-state index < -0.39 is 0 Å². The number of halogens is 2. The highest BCUT2D eigenvalue weighted by Gasteiger charge is 2.16. The molecular weight excluding hydrogens is 384 g/mol. The Morgan fingerprint density at radius 3 is 2.52 bits per heavy atom. The summed E-state index contributed by atoms with van der Waals surface area (Å²) in [5.41, 5.74) is 1.29. The van der Waals surface area contributed by atoms with Gasteiger partial charge in [-0.05, 0) is 24.3 Å². The maximum atomic E-state index is 12.4. The third-order valence-electron chi connectivity index (χ3n) is 2.93. The molecule has 0 unspecified atom stereocenters. The van der Waals surface area contributed by atoms with Crippen LogP contribution in [0.15, 0.2) is 40.9 Å². The molecule has 0 heterocycles. The van der Waals surface area contributed by atoms with Crippen LogP contribution in [0.1, 0.15) is 17.3 Å². The van der Waals surface area contributed by atoms with Gasteiger partial charge in [-0.15, -0.1) is 0 Å². The molecule has 2 N–H and O–H groups in total. The minimum Gasteiger partial charge on any atom is -0.496 e. The topological polar surface area (TPSA) is 67.4 Å². The summed E-state index contributed by atoms with van der Waals surface area (Å²) >= 11 is 9.46. The Hall–Kier alpha value is -2.05. The molecule has 0 aliphatic carbocycles. The minimum absolute atomic E-state index is 0.250. The number of carbonyl (C=O) groups excluding carboxylic acids is 2. The number of amides is 2. The van der Waals surface area contributed by atoms with Crippen LogP contribution in [0.4, 0.5) is 11.4 Å². The Bertz CT molecular complexity index is 765. The standard InChI is InChI=1S/C16H14BrClN2O3/c1-9(21)19-14-8-15(23-2)12(7-13(14)18)16(22)20-11-5-3-4-10(17)6-11/h3-8H,1-2H3,(H,19,21)(H,20,22). The number of nitrogens with one attached hydrogen (secondary N) is 2. The summed E-state index contributed by atoms with van der Waals surface area (Å²) in [5, 5.41) is 5.60. The van der Waals surface area contributed by atoms with Crippen LogP contribution < -0.4 is 15.4 Å². The van der Waals surface area contributed by atoms with E-state index in [1.54, 1.807) is 12.1 Å². The Morgan fingerprint density at radius 1 is 1.17 bits per heavy atom. The van der Waals surface area contributed by atoms with Gasteiger partial charge in [0.1, 0.15) is 5.75 Å². The summed E-state index contributed by atoms with van der Waals surface area (Å²) in [6, 6.07) is 10.2. The zero-order chi connectivity index (χ0) is 17.0. The van der Waals surface area contributed by atoms with Crippen molar-refractivity contribution in [3.63, 3.8) is 0 Å². The minimum atomic E-state index is -0.365. The maximum absolute atomic E-state index is 12.4. The SMILES string of the molecule is COc1cc(NC(C)=O)c(Cl)cc1C(=O)Nc1cccc(Br)c1. The van der Waals surface area contributed by atoms with Crippen LogP contribution in [0.25, 0.3) is 0 Å². The molecule has 0 aliphatic heterocycles. The van der Waals surface area contributed by atoms with Gasteiger partial charge in [-0.3, -0.25) is 9.59 Å². The fourth-order valence-electron chi connectivity index (χ4n) is 1.95. The first-order valence-electron chi connectivity index (χ1n) is 6.62. The summed E-state index contributed by atoms with van der Waals surface area (Å²) in [6.45, 7) is 1.37. The fourth-order valence-corrected chi connectivity index (χ4v) is 2.56. The van der Waals surface area contributed by atoms with Crippen molar-refractivity contribution in [3.05, 3.63) is 51.5 Å². The van der Waals surface area contributed by atoms with E-state index >= 15 is 0 Å². The zero-order valence-electron chi connectivity index (χ0n) is 12.4. The first-order chi connectivity index (χ1) is 10.9. The molecular formula is C16H14BrClN2O3. The summed E-state index contributed by atoms with van der Waals surface area (Å²) < 4.78 is 6.07. The Balaban J connectivity index is 2.32. The maximum Gasteiger partial charge on any atom is 0.259 e. The Kier molecular flexibility index (Phi) is 5.63. The van der Waals surface area contributed by atoms with E-state index in [0.717, 1.165) is 4.47 Å². The molecule has 7 heteroatoms. The highest BCUT2D eigenvalue weighted by molar-refractivity contribution is 9.10. The van der Waals surface area contributed by atoms with Gasteiger partial charge in [-0.2, -0.15) is 0 Å². The van der Waals surface area contributed by atoms with Crippen LogP contribution in [0.5, 0.6) is 5.75 Å². The second-order valence-electron chi connectivity index (χ2n) is 4.68. The van der Waals surface area contributed by atoms with Crippen LogP contribution in [-0.4, -0.2) is 18.9 Å². The molecule has 0 atom stereocenters. The van der Waals surface area contributed by atoms with Gasteiger partial charge in [0.25, 0.3) is 5.91 Å². The molecule has 0 aromatic heterocycles. The van der Waals surface area contributed by atoms with Crippen LogP contribution in [0.3, 0.4) is 0 Å². The summed E-state index contributed by atoms with van der Waals surface area (Å²) in [7, 11) is 1.44. The average Bonchev–Trinajstić information content (AvgIpc) is 2.48. The van der Waals surface area contributed by atoms with Gasteiger partial charge >= 0.3 is 0 Å².